The van der Waals surface area contributed by atoms with Gasteiger partial charge in [-0.25, -0.2) is 9.18 Å². The first-order valence-electron chi connectivity index (χ1n) is 10.7. The highest BCUT2D eigenvalue weighted by Crippen LogP contribution is 2.67. The van der Waals surface area contributed by atoms with E-state index in [0.29, 0.717) is 11.3 Å². The summed E-state index contributed by atoms with van der Waals surface area (Å²) in [4.78, 5) is 27.2. The van der Waals surface area contributed by atoms with E-state index in [1.165, 1.54) is 6.07 Å². The number of rotatable bonds is 2. The van der Waals surface area contributed by atoms with Crippen molar-refractivity contribution in [3.63, 3.8) is 0 Å². The van der Waals surface area contributed by atoms with Crippen molar-refractivity contribution in [1.29, 1.82) is 0 Å². The van der Waals surface area contributed by atoms with E-state index >= 15 is 4.39 Å². The molecular formula is C24H25ClFN3O3. The molecule has 0 bridgehead atoms. The molecule has 168 valence electrons. The Morgan fingerprint density at radius 3 is 2.47 bits per heavy atom. The van der Waals surface area contributed by atoms with Gasteiger partial charge in [0, 0.05) is 22.4 Å². The molecule has 2 heterocycles. The number of hydrogen-bond acceptors (Lipinski definition) is 4. The van der Waals surface area contributed by atoms with E-state index in [1.54, 1.807) is 31.7 Å². The lowest BCUT2D eigenvalue weighted by Crippen LogP contribution is -2.45. The Labute approximate surface area is 190 Å². The molecule has 1 saturated carbocycles. The SMILES string of the molecule is CC(C)(C)OC(=O)N1C2c3cc(Cl)cc(F)c3NC(c3ccccc3)C2C2C(C(N)=O)C21. The van der Waals surface area contributed by atoms with E-state index in [9.17, 15) is 9.59 Å². The smallest absolute Gasteiger partial charge is 0.411 e. The number of nitrogens with two attached hydrogens (primary N) is 1. The fourth-order valence-electron chi connectivity index (χ4n) is 5.59. The summed E-state index contributed by atoms with van der Waals surface area (Å²) in [6.45, 7) is 5.36. The summed E-state index contributed by atoms with van der Waals surface area (Å²) >= 11 is 6.21. The molecule has 6 nitrogen and oxygen atoms in total. The molecule has 32 heavy (non-hydrogen) atoms. The Morgan fingerprint density at radius 2 is 1.84 bits per heavy atom. The number of carbonyl (C=O) groups is 2. The molecule has 2 fully saturated rings. The van der Waals surface area contributed by atoms with Gasteiger partial charge in [-0.05, 0) is 38.5 Å². The number of benzene rings is 2. The summed E-state index contributed by atoms with van der Waals surface area (Å²) in [5.74, 6) is -1.75. The summed E-state index contributed by atoms with van der Waals surface area (Å²) in [5, 5.41) is 3.59. The van der Waals surface area contributed by atoms with Crippen LogP contribution in [0.25, 0.3) is 0 Å². The summed E-state index contributed by atoms with van der Waals surface area (Å²) in [6, 6.07) is 11.4. The number of anilines is 1. The van der Waals surface area contributed by atoms with Crippen molar-refractivity contribution < 1.29 is 18.7 Å². The zero-order valence-electron chi connectivity index (χ0n) is 18.0. The fraction of sp³-hybridized carbons (Fsp3) is 0.417. The highest BCUT2D eigenvalue weighted by molar-refractivity contribution is 6.30. The van der Waals surface area contributed by atoms with Crippen molar-refractivity contribution in [3.8, 4) is 0 Å². The van der Waals surface area contributed by atoms with Gasteiger partial charge in [0.2, 0.25) is 5.91 Å². The summed E-state index contributed by atoms with van der Waals surface area (Å²) in [7, 11) is 0. The number of halogens is 2. The first kappa shape index (κ1) is 21.1. The Kier molecular flexibility index (Phi) is 4.68. The normalized spacial score (nSPS) is 30.0. The maximum Gasteiger partial charge on any atom is 0.411 e. The Balaban J connectivity index is 1.67. The summed E-state index contributed by atoms with van der Waals surface area (Å²) in [5.41, 5.74) is 6.83. The molecule has 6 atom stereocenters. The average molecular weight is 458 g/mol. The molecule has 2 aromatic rings. The van der Waals surface area contributed by atoms with Crippen molar-refractivity contribution in [3.05, 3.63) is 64.4 Å². The first-order chi connectivity index (χ1) is 15.1. The lowest BCUT2D eigenvalue weighted by molar-refractivity contribution is -0.120. The number of amides is 2. The fourth-order valence-corrected chi connectivity index (χ4v) is 5.80. The quantitative estimate of drug-likeness (QED) is 0.687. The molecule has 2 aromatic carbocycles. The third-order valence-electron chi connectivity index (χ3n) is 6.65. The third kappa shape index (κ3) is 3.22. The van der Waals surface area contributed by atoms with E-state index in [2.05, 4.69) is 5.32 Å². The minimum Gasteiger partial charge on any atom is -0.444 e. The van der Waals surface area contributed by atoms with Crippen molar-refractivity contribution in [2.45, 2.75) is 44.5 Å². The summed E-state index contributed by atoms with van der Waals surface area (Å²) in [6.07, 6.45) is -0.538. The van der Waals surface area contributed by atoms with Crippen LogP contribution < -0.4 is 11.1 Å². The van der Waals surface area contributed by atoms with Crippen LogP contribution in [0.4, 0.5) is 14.9 Å². The number of fused-ring (bicyclic) bond motifs is 5. The average Bonchev–Trinajstić information content (AvgIpc) is 3.33. The van der Waals surface area contributed by atoms with Gasteiger partial charge in [-0.3, -0.25) is 9.69 Å². The monoisotopic (exact) mass is 457 g/mol. The van der Waals surface area contributed by atoms with E-state index in [4.69, 9.17) is 22.1 Å². The number of carbonyl (C=O) groups excluding carboxylic acids is 2. The highest BCUT2D eigenvalue weighted by atomic mass is 35.5. The molecule has 3 aliphatic rings. The topological polar surface area (TPSA) is 84.7 Å². The zero-order valence-corrected chi connectivity index (χ0v) is 18.8. The number of likely N-dealkylation sites (tertiary alicyclic amines) is 1. The largest absolute Gasteiger partial charge is 0.444 e. The second-order valence-corrected chi connectivity index (χ2v) is 10.2. The van der Waals surface area contributed by atoms with Crippen molar-refractivity contribution in [2.24, 2.45) is 23.5 Å². The second-order valence-electron chi connectivity index (χ2n) is 9.79. The number of ether oxygens (including phenoxy) is 1. The Hall–Kier alpha value is -2.80. The van der Waals surface area contributed by atoms with Gasteiger partial charge in [-0.15, -0.1) is 0 Å². The molecule has 0 spiro atoms. The van der Waals surface area contributed by atoms with Crippen LogP contribution in [0.3, 0.4) is 0 Å². The predicted molar refractivity (Wildman–Crippen MR) is 118 cm³/mol. The third-order valence-corrected chi connectivity index (χ3v) is 6.86. The van der Waals surface area contributed by atoms with Gasteiger partial charge in [-0.1, -0.05) is 41.9 Å². The van der Waals surface area contributed by atoms with Gasteiger partial charge in [0.25, 0.3) is 0 Å². The Morgan fingerprint density at radius 1 is 1.16 bits per heavy atom. The highest BCUT2D eigenvalue weighted by Gasteiger charge is 2.72. The van der Waals surface area contributed by atoms with E-state index in [1.807, 2.05) is 30.3 Å². The van der Waals surface area contributed by atoms with Crippen molar-refractivity contribution in [1.82, 2.24) is 4.90 Å². The summed E-state index contributed by atoms with van der Waals surface area (Å²) < 4.78 is 20.7. The van der Waals surface area contributed by atoms with Gasteiger partial charge < -0.3 is 15.8 Å². The number of nitrogens with one attached hydrogen (secondary N) is 1. The molecule has 2 aliphatic heterocycles. The molecule has 6 unspecified atom stereocenters. The lowest BCUT2D eigenvalue weighted by atomic mass is 9.77. The minimum atomic E-state index is -0.726. The van der Waals surface area contributed by atoms with Crippen LogP contribution >= 0.6 is 11.6 Å². The van der Waals surface area contributed by atoms with Crippen LogP contribution in [0.1, 0.15) is 44.0 Å². The standard InChI is InChI=1S/C24H25ClFN3O3/c1-24(2,3)32-23(31)29-20-13-9-12(25)10-14(26)19(13)28-18(11-7-5-4-6-8-11)16(20)15-17(21(15)29)22(27)30/h4-10,15-18,20-21,28H,1-3H3,(H2,27,30). The van der Waals surface area contributed by atoms with Gasteiger partial charge >= 0.3 is 6.09 Å². The zero-order chi connectivity index (χ0) is 22.9. The van der Waals surface area contributed by atoms with Crippen LogP contribution in [0.15, 0.2) is 42.5 Å². The maximum absolute atomic E-state index is 15.0. The molecule has 3 N–H and O–H groups in total. The molecule has 1 aliphatic carbocycles. The first-order valence-corrected chi connectivity index (χ1v) is 11.1. The van der Waals surface area contributed by atoms with Crippen LogP contribution in [0.2, 0.25) is 5.02 Å². The Bertz CT molecular complexity index is 1100. The van der Waals surface area contributed by atoms with Gasteiger partial charge in [-0.2, -0.15) is 0 Å². The molecule has 2 amide bonds. The van der Waals surface area contributed by atoms with Crippen molar-refractivity contribution in [2.75, 3.05) is 5.32 Å². The molecular weight excluding hydrogens is 433 g/mol. The predicted octanol–water partition coefficient (Wildman–Crippen LogP) is 4.65. The van der Waals surface area contributed by atoms with Crippen LogP contribution in [0.5, 0.6) is 0 Å². The molecule has 8 heteroatoms. The molecule has 0 aromatic heterocycles. The minimum absolute atomic E-state index is 0.155. The van der Waals surface area contributed by atoms with Crippen LogP contribution in [0, 0.1) is 23.6 Å². The number of hydrogen-bond donors (Lipinski definition) is 2. The number of primary amides is 1. The molecule has 5 rings (SSSR count). The van der Waals surface area contributed by atoms with E-state index < -0.39 is 41.4 Å². The van der Waals surface area contributed by atoms with Crippen LogP contribution in [-0.4, -0.2) is 28.5 Å². The van der Waals surface area contributed by atoms with Crippen molar-refractivity contribution >= 4 is 29.3 Å². The van der Waals surface area contributed by atoms with Gasteiger partial charge in [0.1, 0.15) is 11.4 Å². The lowest BCUT2D eigenvalue weighted by Gasteiger charge is -2.43. The van der Waals surface area contributed by atoms with Gasteiger partial charge in [0.15, 0.2) is 0 Å². The van der Waals surface area contributed by atoms with E-state index in [-0.39, 0.29) is 22.9 Å². The number of nitrogens with zero attached hydrogens (tertiary/aromatic N) is 1. The van der Waals surface area contributed by atoms with Gasteiger partial charge in [0.05, 0.1) is 29.7 Å². The molecule has 1 saturated heterocycles. The second kappa shape index (κ2) is 7.10. The maximum atomic E-state index is 15.0. The van der Waals surface area contributed by atoms with E-state index in [0.717, 1.165) is 5.56 Å². The van der Waals surface area contributed by atoms with Crippen LogP contribution in [-0.2, 0) is 9.53 Å². The number of piperidine rings is 1. The molecule has 0 radical (unpaired) electrons.